The number of nitrogens with one attached hydrogen (secondary N) is 1. The Balaban J connectivity index is 2.28. The molecule has 4 heteroatoms. The normalized spacial score (nSPS) is 11.7. The molecule has 0 radical (unpaired) electrons. The van der Waals surface area contributed by atoms with Crippen molar-refractivity contribution in [2.75, 3.05) is 6.54 Å². The van der Waals surface area contributed by atoms with Gasteiger partial charge in [0.05, 0.1) is 6.42 Å². The Morgan fingerprint density at radius 3 is 2.41 bits per heavy atom. The zero-order chi connectivity index (χ0) is 20.0. The second kappa shape index (κ2) is 9.36. The molecule has 1 atom stereocenters. The van der Waals surface area contributed by atoms with E-state index < -0.39 is 6.04 Å². The van der Waals surface area contributed by atoms with Crippen LogP contribution in [0.2, 0.25) is 0 Å². The topological polar surface area (TPSA) is 49.4 Å². The van der Waals surface area contributed by atoms with Crippen LogP contribution in [-0.2, 0) is 22.6 Å². The van der Waals surface area contributed by atoms with Gasteiger partial charge in [0, 0.05) is 13.1 Å². The third-order valence-corrected chi connectivity index (χ3v) is 4.80. The van der Waals surface area contributed by atoms with Crippen LogP contribution in [0.4, 0.5) is 0 Å². The average Bonchev–Trinajstić information content (AvgIpc) is 2.62. The molecule has 2 rings (SSSR count). The maximum Gasteiger partial charge on any atom is 0.242 e. The molecule has 0 aromatic heterocycles. The molecule has 27 heavy (non-hydrogen) atoms. The lowest BCUT2D eigenvalue weighted by Crippen LogP contribution is -2.48. The molecular formula is C23H30N2O2. The van der Waals surface area contributed by atoms with Gasteiger partial charge in [0.1, 0.15) is 6.04 Å². The molecule has 0 fully saturated rings. The van der Waals surface area contributed by atoms with Gasteiger partial charge in [-0.05, 0) is 51.3 Å². The van der Waals surface area contributed by atoms with Crippen molar-refractivity contribution in [3.8, 4) is 0 Å². The van der Waals surface area contributed by atoms with Gasteiger partial charge in [-0.1, -0.05) is 53.6 Å². The molecule has 4 nitrogen and oxygen atoms in total. The molecular weight excluding hydrogens is 336 g/mol. The van der Waals surface area contributed by atoms with Crippen molar-refractivity contribution in [2.24, 2.45) is 0 Å². The van der Waals surface area contributed by atoms with E-state index in [0.717, 1.165) is 27.8 Å². The number of likely N-dealkylation sites (N-methyl/N-ethyl adjacent to an activating group) is 1. The van der Waals surface area contributed by atoms with E-state index in [0.29, 0.717) is 19.5 Å². The third-order valence-electron chi connectivity index (χ3n) is 4.80. The van der Waals surface area contributed by atoms with Crippen LogP contribution in [0.3, 0.4) is 0 Å². The predicted molar refractivity (Wildman–Crippen MR) is 109 cm³/mol. The van der Waals surface area contributed by atoms with E-state index in [4.69, 9.17) is 0 Å². The minimum atomic E-state index is -0.525. The number of amides is 2. The second-order valence-electron chi connectivity index (χ2n) is 7.19. The highest BCUT2D eigenvalue weighted by Crippen LogP contribution is 2.16. The Bertz CT molecular complexity index is 814. The van der Waals surface area contributed by atoms with Crippen LogP contribution in [0.1, 0.15) is 41.7 Å². The summed E-state index contributed by atoms with van der Waals surface area (Å²) in [5.41, 5.74) is 5.40. The molecule has 1 unspecified atom stereocenters. The Labute approximate surface area is 162 Å². The van der Waals surface area contributed by atoms with Crippen molar-refractivity contribution >= 4 is 11.8 Å². The maximum atomic E-state index is 13.2. The van der Waals surface area contributed by atoms with Gasteiger partial charge >= 0.3 is 0 Å². The first-order valence-electron chi connectivity index (χ1n) is 9.50. The van der Waals surface area contributed by atoms with Gasteiger partial charge in [-0.3, -0.25) is 9.59 Å². The predicted octanol–water partition coefficient (Wildman–Crippen LogP) is 3.71. The SMILES string of the molecule is CCNC(=O)C(C)N(Cc1cccc(C)c1)C(=O)Cc1cc(C)ccc1C. The number of carbonyl (C=O) groups is 2. The maximum absolute atomic E-state index is 13.2. The molecule has 0 saturated heterocycles. The highest BCUT2D eigenvalue weighted by Gasteiger charge is 2.26. The zero-order valence-corrected chi connectivity index (χ0v) is 17.0. The Kier molecular flexibility index (Phi) is 7.17. The van der Waals surface area contributed by atoms with E-state index >= 15 is 0 Å². The second-order valence-corrected chi connectivity index (χ2v) is 7.19. The summed E-state index contributed by atoms with van der Waals surface area (Å²) in [6.45, 7) is 10.7. The Hall–Kier alpha value is -2.62. The smallest absolute Gasteiger partial charge is 0.242 e. The number of hydrogen-bond acceptors (Lipinski definition) is 2. The van der Waals surface area contributed by atoms with Crippen molar-refractivity contribution < 1.29 is 9.59 Å². The summed E-state index contributed by atoms with van der Waals surface area (Å²) in [5.74, 6) is -0.163. The van der Waals surface area contributed by atoms with Crippen molar-refractivity contribution in [1.29, 1.82) is 0 Å². The zero-order valence-electron chi connectivity index (χ0n) is 17.0. The summed E-state index contributed by atoms with van der Waals surface area (Å²) in [4.78, 5) is 27.3. The molecule has 144 valence electrons. The van der Waals surface area contributed by atoms with Gasteiger partial charge in [-0.25, -0.2) is 0 Å². The van der Waals surface area contributed by atoms with Gasteiger partial charge in [0.25, 0.3) is 0 Å². The molecule has 0 aliphatic carbocycles. The highest BCUT2D eigenvalue weighted by molar-refractivity contribution is 5.88. The first kappa shape index (κ1) is 20.7. The van der Waals surface area contributed by atoms with Crippen LogP contribution in [0.5, 0.6) is 0 Å². The summed E-state index contributed by atoms with van der Waals surface area (Å²) >= 11 is 0. The van der Waals surface area contributed by atoms with Crippen molar-refractivity contribution in [2.45, 2.75) is 53.6 Å². The van der Waals surface area contributed by atoms with E-state index in [9.17, 15) is 9.59 Å². The van der Waals surface area contributed by atoms with Crippen LogP contribution < -0.4 is 5.32 Å². The summed E-state index contributed by atoms with van der Waals surface area (Å²) in [7, 11) is 0. The molecule has 1 N–H and O–H groups in total. The molecule has 0 heterocycles. The standard InChI is InChI=1S/C23H30N2O2/c1-6-24-23(27)19(5)25(15-20-9-7-8-16(2)12-20)22(26)14-21-13-17(3)10-11-18(21)4/h7-13,19H,6,14-15H2,1-5H3,(H,24,27). The summed E-state index contributed by atoms with van der Waals surface area (Å²) < 4.78 is 0. The Morgan fingerprint density at radius 1 is 1.04 bits per heavy atom. The molecule has 2 aromatic carbocycles. The quantitative estimate of drug-likeness (QED) is 0.812. The molecule has 2 amide bonds. The largest absolute Gasteiger partial charge is 0.355 e. The molecule has 0 spiro atoms. The van der Waals surface area contributed by atoms with Gasteiger partial charge < -0.3 is 10.2 Å². The van der Waals surface area contributed by atoms with Crippen LogP contribution in [-0.4, -0.2) is 29.3 Å². The summed E-state index contributed by atoms with van der Waals surface area (Å²) in [5, 5.41) is 2.83. The number of aryl methyl sites for hydroxylation is 3. The van der Waals surface area contributed by atoms with E-state index in [1.807, 2.05) is 58.0 Å². The first-order valence-corrected chi connectivity index (χ1v) is 9.50. The molecule has 0 aliphatic heterocycles. The highest BCUT2D eigenvalue weighted by atomic mass is 16.2. The number of nitrogens with zero attached hydrogens (tertiary/aromatic N) is 1. The number of rotatable bonds is 7. The van der Waals surface area contributed by atoms with Crippen LogP contribution in [0.25, 0.3) is 0 Å². The van der Waals surface area contributed by atoms with Crippen molar-refractivity contribution in [1.82, 2.24) is 10.2 Å². The number of carbonyl (C=O) groups excluding carboxylic acids is 2. The van der Waals surface area contributed by atoms with Crippen LogP contribution >= 0.6 is 0 Å². The van der Waals surface area contributed by atoms with Gasteiger partial charge in [0.15, 0.2) is 0 Å². The molecule has 2 aromatic rings. The molecule has 0 bridgehead atoms. The molecule has 0 saturated carbocycles. The fourth-order valence-electron chi connectivity index (χ4n) is 3.17. The van der Waals surface area contributed by atoms with E-state index in [-0.39, 0.29) is 11.8 Å². The lowest BCUT2D eigenvalue weighted by Gasteiger charge is -2.29. The van der Waals surface area contributed by atoms with Crippen LogP contribution in [0, 0.1) is 20.8 Å². The minimum absolute atomic E-state index is 0.0380. The lowest BCUT2D eigenvalue weighted by atomic mass is 10.0. The van der Waals surface area contributed by atoms with Crippen LogP contribution in [0.15, 0.2) is 42.5 Å². The van der Waals surface area contributed by atoms with E-state index in [2.05, 4.69) is 17.4 Å². The van der Waals surface area contributed by atoms with E-state index in [1.165, 1.54) is 0 Å². The molecule has 0 aliphatic rings. The number of benzene rings is 2. The fraction of sp³-hybridized carbons (Fsp3) is 0.391. The average molecular weight is 367 g/mol. The van der Waals surface area contributed by atoms with Gasteiger partial charge in [-0.15, -0.1) is 0 Å². The Morgan fingerprint density at radius 2 is 1.74 bits per heavy atom. The fourth-order valence-corrected chi connectivity index (χ4v) is 3.17. The van der Waals surface area contributed by atoms with Gasteiger partial charge in [-0.2, -0.15) is 0 Å². The third kappa shape index (κ3) is 5.68. The lowest BCUT2D eigenvalue weighted by molar-refractivity contribution is -0.140. The summed E-state index contributed by atoms with van der Waals surface area (Å²) in [6, 6.07) is 13.7. The number of hydrogen-bond donors (Lipinski definition) is 1. The van der Waals surface area contributed by atoms with Crippen molar-refractivity contribution in [3.05, 3.63) is 70.3 Å². The minimum Gasteiger partial charge on any atom is -0.355 e. The monoisotopic (exact) mass is 366 g/mol. The first-order chi connectivity index (χ1) is 12.8. The summed E-state index contributed by atoms with van der Waals surface area (Å²) in [6.07, 6.45) is 0.295. The van der Waals surface area contributed by atoms with Gasteiger partial charge in [0.2, 0.25) is 11.8 Å². The van der Waals surface area contributed by atoms with Crippen molar-refractivity contribution in [3.63, 3.8) is 0 Å². The van der Waals surface area contributed by atoms with E-state index in [1.54, 1.807) is 11.8 Å².